The topological polar surface area (TPSA) is 51.0 Å². The Labute approximate surface area is 104 Å². The van der Waals surface area contributed by atoms with Crippen LogP contribution >= 0.6 is 0 Å². The van der Waals surface area contributed by atoms with E-state index in [2.05, 4.69) is 57.0 Å². The molecule has 0 radical (unpaired) electrons. The molecule has 1 rings (SSSR count). The molecule has 2 unspecified atom stereocenters. The highest BCUT2D eigenvalue weighted by Gasteiger charge is 2.29. The van der Waals surface area contributed by atoms with Crippen LogP contribution in [0.4, 0.5) is 0 Å². The normalized spacial score (nSPS) is 16.2. The highest BCUT2D eigenvalue weighted by atomic mass is 16.5. The van der Waals surface area contributed by atoms with Crippen LogP contribution < -0.4 is 5.32 Å². The van der Waals surface area contributed by atoms with E-state index in [1.807, 2.05) is 7.05 Å². The molecule has 0 aliphatic rings. The van der Waals surface area contributed by atoms with Gasteiger partial charge in [-0.2, -0.15) is 4.98 Å². The van der Waals surface area contributed by atoms with Gasteiger partial charge in [0.2, 0.25) is 5.89 Å². The first-order valence-electron chi connectivity index (χ1n) is 6.28. The van der Waals surface area contributed by atoms with Crippen LogP contribution in [0.5, 0.6) is 0 Å². The van der Waals surface area contributed by atoms with Gasteiger partial charge in [-0.3, -0.25) is 0 Å². The van der Waals surface area contributed by atoms with Crippen molar-refractivity contribution in [3.8, 4) is 0 Å². The molecule has 0 spiro atoms. The lowest BCUT2D eigenvalue weighted by Gasteiger charge is -2.23. The third kappa shape index (κ3) is 3.28. The van der Waals surface area contributed by atoms with Crippen molar-refractivity contribution in [2.45, 2.75) is 58.9 Å². The largest absolute Gasteiger partial charge is 0.339 e. The summed E-state index contributed by atoms with van der Waals surface area (Å²) in [5.74, 6) is 2.24. The standard InChI is InChI=1S/C13H25N3O/c1-8(2)10(9(3)14-7)11-15-12(16-17-11)13(4,5)6/h8-10,14H,1-7H3. The minimum absolute atomic E-state index is 0.0633. The van der Waals surface area contributed by atoms with Crippen LogP contribution in [0.1, 0.15) is 59.2 Å². The molecule has 98 valence electrons. The fourth-order valence-electron chi connectivity index (χ4n) is 1.93. The first kappa shape index (κ1) is 14.2. The molecule has 1 aromatic rings. The van der Waals surface area contributed by atoms with Gasteiger partial charge in [0.05, 0.1) is 5.92 Å². The Bertz CT molecular complexity index is 352. The molecule has 0 aliphatic carbocycles. The zero-order chi connectivity index (χ0) is 13.2. The fraction of sp³-hybridized carbons (Fsp3) is 0.846. The number of likely N-dealkylation sites (N-methyl/N-ethyl adjacent to an activating group) is 1. The second-order valence-electron chi connectivity index (χ2n) is 6.05. The summed E-state index contributed by atoms with van der Waals surface area (Å²) in [6.45, 7) is 12.8. The number of aromatic nitrogens is 2. The minimum atomic E-state index is -0.0633. The Morgan fingerprint density at radius 3 is 2.12 bits per heavy atom. The van der Waals surface area contributed by atoms with Crippen molar-refractivity contribution in [2.75, 3.05) is 7.05 Å². The molecule has 2 atom stereocenters. The van der Waals surface area contributed by atoms with Gasteiger partial charge in [0.15, 0.2) is 5.82 Å². The van der Waals surface area contributed by atoms with Gasteiger partial charge in [0, 0.05) is 11.5 Å². The Kier molecular flexibility index (Phi) is 4.31. The lowest BCUT2D eigenvalue weighted by atomic mass is 9.89. The maximum atomic E-state index is 5.44. The van der Waals surface area contributed by atoms with Crippen molar-refractivity contribution < 1.29 is 4.52 Å². The molecule has 17 heavy (non-hydrogen) atoms. The van der Waals surface area contributed by atoms with E-state index in [-0.39, 0.29) is 11.3 Å². The van der Waals surface area contributed by atoms with Crippen LogP contribution in [-0.4, -0.2) is 23.2 Å². The zero-order valence-corrected chi connectivity index (χ0v) is 12.0. The lowest BCUT2D eigenvalue weighted by Crippen LogP contribution is -2.32. The van der Waals surface area contributed by atoms with Crippen molar-refractivity contribution in [3.05, 3.63) is 11.7 Å². The second kappa shape index (κ2) is 5.17. The van der Waals surface area contributed by atoms with Gasteiger partial charge in [-0.15, -0.1) is 0 Å². The zero-order valence-electron chi connectivity index (χ0n) is 12.0. The molecule has 1 heterocycles. The van der Waals surface area contributed by atoms with Gasteiger partial charge < -0.3 is 9.84 Å². The molecular weight excluding hydrogens is 214 g/mol. The fourth-order valence-corrected chi connectivity index (χ4v) is 1.93. The summed E-state index contributed by atoms with van der Waals surface area (Å²) in [5, 5.41) is 7.36. The van der Waals surface area contributed by atoms with Crippen molar-refractivity contribution in [1.82, 2.24) is 15.5 Å². The summed E-state index contributed by atoms with van der Waals surface area (Å²) in [4.78, 5) is 4.55. The number of nitrogens with zero attached hydrogens (tertiary/aromatic N) is 2. The van der Waals surface area contributed by atoms with Crippen molar-refractivity contribution >= 4 is 0 Å². The monoisotopic (exact) mass is 239 g/mol. The first-order valence-corrected chi connectivity index (χ1v) is 6.28. The number of rotatable bonds is 4. The first-order chi connectivity index (χ1) is 7.77. The molecule has 0 bridgehead atoms. The predicted octanol–water partition coefficient (Wildman–Crippen LogP) is 2.71. The average Bonchev–Trinajstić information content (AvgIpc) is 2.65. The van der Waals surface area contributed by atoms with Gasteiger partial charge in [0.1, 0.15) is 0 Å². The van der Waals surface area contributed by atoms with Crippen LogP contribution in [0, 0.1) is 5.92 Å². The highest BCUT2D eigenvalue weighted by molar-refractivity contribution is 5.05. The molecular formula is C13H25N3O. The van der Waals surface area contributed by atoms with E-state index in [1.54, 1.807) is 0 Å². The van der Waals surface area contributed by atoms with Gasteiger partial charge in [-0.05, 0) is 19.9 Å². The van der Waals surface area contributed by atoms with E-state index in [9.17, 15) is 0 Å². The maximum Gasteiger partial charge on any atom is 0.231 e. The lowest BCUT2D eigenvalue weighted by molar-refractivity contribution is 0.283. The highest BCUT2D eigenvalue weighted by Crippen LogP contribution is 2.28. The van der Waals surface area contributed by atoms with E-state index in [4.69, 9.17) is 4.52 Å². The summed E-state index contributed by atoms with van der Waals surface area (Å²) in [6.07, 6.45) is 0. The molecule has 4 heteroatoms. The summed E-state index contributed by atoms with van der Waals surface area (Å²) >= 11 is 0. The quantitative estimate of drug-likeness (QED) is 0.877. The molecule has 0 saturated carbocycles. The summed E-state index contributed by atoms with van der Waals surface area (Å²) in [6, 6.07) is 0.322. The minimum Gasteiger partial charge on any atom is -0.339 e. The Morgan fingerprint density at radius 1 is 1.18 bits per heavy atom. The summed E-state index contributed by atoms with van der Waals surface area (Å²) in [7, 11) is 1.96. The number of hydrogen-bond acceptors (Lipinski definition) is 4. The molecule has 1 N–H and O–H groups in total. The van der Waals surface area contributed by atoms with Gasteiger partial charge in [-0.1, -0.05) is 39.8 Å². The van der Waals surface area contributed by atoms with E-state index in [1.165, 1.54) is 0 Å². The number of hydrogen-bond donors (Lipinski definition) is 1. The van der Waals surface area contributed by atoms with Crippen LogP contribution in [0.3, 0.4) is 0 Å². The van der Waals surface area contributed by atoms with Gasteiger partial charge >= 0.3 is 0 Å². The molecule has 0 aliphatic heterocycles. The van der Waals surface area contributed by atoms with Crippen molar-refractivity contribution in [2.24, 2.45) is 5.92 Å². The molecule has 0 saturated heterocycles. The van der Waals surface area contributed by atoms with E-state index >= 15 is 0 Å². The Morgan fingerprint density at radius 2 is 1.76 bits per heavy atom. The SMILES string of the molecule is CNC(C)C(c1nc(C(C)(C)C)no1)C(C)C. The molecule has 4 nitrogen and oxygen atoms in total. The predicted molar refractivity (Wildman–Crippen MR) is 69.1 cm³/mol. The van der Waals surface area contributed by atoms with Crippen LogP contribution in [-0.2, 0) is 5.41 Å². The van der Waals surface area contributed by atoms with E-state index < -0.39 is 0 Å². The van der Waals surface area contributed by atoms with Gasteiger partial charge in [-0.25, -0.2) is 0 Å². The molecule has 1 aromatic heterocycles. The summed E-state index contributed by atoms with van der Waals surface area (Å²) in [5.41, 5.74) is -0.0633. The Balaban J connectivity index is 3.00. The van der Waals surface area contributed by atoms with E-state index in [0.29, 0.717) is 12.0 Å². The van der Waals surface area contributed by atoms with Crippen molar-refractivity contribution in [1.29, 1.82) is 0 Å². The average molecular weight is 239 g/mol. The molecule has 0 amide bonds. The molecule has 0 aromatic carbocycles. The van der Waals surface area contributed by atoms with E-state index in [0.717, 1.165) is 11.7 Å². The third-order valence-corrected chi connectivity index (χ3v) is 3.11. The maximum absolute atomic E-state index is 5.44. The van der Waals surface area contributed by atoms with Crippen molar-refractivity contribution in [3.63, 3.8) is 0 Å². The van der Waals surface area contributed by atoms with Crippen LogP contribution in [0.15, 0.2) is 4.52 Å². The number of nitrogens with one attached hydrogen (secondary N) is 1. The second-order valence-corrected chi connectivity index (χ2v) is 6.05. The Hall–Kier alpha value is -0.900. The molecule has 0 fully saturated rings. The van der Waals surface area contributed by atoms with Crippen LogP contribution in [0.25, 0.3) is 0 Å². The summed E-state index contributed by atoms with van der Waals surface area (Å²) < 4.78 is 5.44. The smallest absolute Gasteiger partial charge is 0.231 e. The van der Waals surface area contributed by atoms with Gasteiger partial charge in [0.25, 0.3) is 0 Å². The van der Waals surface area contributed by atoms with Crippen LogP contribution in [0.2, 0.25) is 0 Å². The third-order valence-electron chi connectivity index (χ3n) is 3.11.